The van der Waals surface area contributed by atoms with Crippen molar-refractivity contribution in [3.63, 3.8) is 0 Å². The number of primary amides is 1. The SMILES string of the molecule is Cn1cnc(C(C)(N)CC(N)=O)c1. The molecule has 0 aliphatic rings. The lowest BCUT2D eigenvalue weighted by Gasteiger charge is -2.19. The molecule has 0 saturated carbocycles. The van der Waals surface area contributed by atoms with Crippen LogP contribution < -0.4 is 11.5 Å². The van der Waals surface area contributed by atoms with Crippen LogP contribution in [-0.2, 0) is 17.4 Å². The fourth-order valence-corrected chi connectivity index (χ4v) is 1.16. The number of rotatable bonds is 3. The predicted octanol–water partition coefficient (Wildman–Crippen LogP) is -0.531. The molecule has 0 aliphatic carbocycles. The summed E-state index contributed by atoms with van der Waals surface area (Å²) in [5.41, 5.74) is 10.8. The van der Waals surface area contributed by atoms with Crippen molar-refractivity contribution in [1.29, 1.82) is 0 Å². The Morgan fingerprint density at radius 3 is 2.77 bits per heavy atom. The molecule has 4 N–H and O–H groups in total. The highest BCUT2D eigenvalue weighted by Gasteiger charge is 2.25. The number of hydrogen-bond acceptors (Lipinski definition) is 3. The van der Waals surface area contributed by atoms with Crippen LogP contribution in [0, 0.1) is 0 Å². The number of amides is 1. The van der Waals surface area contributed by atoms with Crippen LogP contribution in [-0.4, -0.2) is 15.5 Å². The second-order valence-corrected chi connectivity index (χ2v) is 3.48. The van der Waals surface area contributed by atoms with Crippen molar-refractivity contribution in [2.24, 2.45) is 18.5 Å². The maximum absolute atomic E-state index is 10.7. The third-order valence-electron chi connectivity index (χ3n) is 1.83. The molecule has 1 amide bonds. The van der Waals surface area contributed by atoms with E-state index in [9.17, 15) is 4.79 Å². The van der Waals surface area contributed by atoms with Crippen molar-refractivity contribution < 1.29 is 4.79 Å². The van der Waals surface area contributed by atoms with Crippen molar-refractivity contribution in [1.82, 2.24) is 9.55 Å². The second kappa shape index (κ2) is 3.18. The lowest BCUT2D eigenvalue weighted by atomic mass is 9.95. The molecule has 0 radical (unpaired) electrons. The van der Waals surface area contributed by atoms with Crippen LogP contribution in [0.4, 0.5) is 0 Å². The van der Waals surface area contributed by atoms with E-state index >= 15 is 0 Å². The Morgan fingerprint density at radius 2 is 2.38 bits per heavy atom. The van der Waals surface area contributed by atoms with Crippen LogP contribution >= 0.6 is 0 Å². The number of carbonyl (C=O) groups is 1. The molecule has 0 bridgehead atoms. The summed E-state index contributed by atoms with van der Waals surface area (Å²) >= 11 is 0. The molecule has 0 aromatic carbocycles. The lowest BCUT2D eigenvalue weighted by molar-refractivity contribution is -0.119. The van der Waals surface area contributed by atoms with Gasteiger partial charge in [-0.3, -0.25) is 4.79 Å². The van der Waals surface area contributed by atoms with Crippen molar-refractivity contribution in [3.8, 4) is 0 Å². The van der Waals surface area contributed by atoms with Gasteiger partial charge in [0.1, 0.15) is 0 Å². The van der Waals surface area contributed by atoms with E-state index < -0.39 is 11.4 Å². The largest absolute Gasteiger partial charge is 0.370 e. The molecule has 1 unspecified atom stereocenters. The molecule has 13 heavy (non-hydrogen) atoms. The van der Waals surface area contributed by atoms with Crippen molar-refractivity contribution in [3.05, 3.63) is 18.2 Å². The first kappa shape index (κ1) is 9.73. The highest BCUT2D eigenvalue weighted by Crippen LogP contribution is 2.18. The normalized spacial score (nSPS) is 15.3. The first-order chi connectivity index (χ1) is 5.92. The first-order valence-electron chi connectivity index (χ1n) is 3.97. The number of nitrogens with zero attached hydrogens (tertiary/aromatic N) is 2. The topological polar surface area (TPSA) is 86.9 Å². The van der Waals surface area contributed by atoms with Gasteiger partial charge in [-0.15, -0.1) is 0 Å². The highest BCUT2D eigenvalue weighted by molar-refractivity contribution is 5.75. The molecule has 0 aliphatic heterocycles. The van der Waals surface area contributed by atoms with E-state index in [1.807, 2.05) is 7.05 Å². The molecule has 0 fully saturated rings. The number of nitrogens with two attached hydrogens (primary N) is 2. The van der Waals surface area contributed by atoms with Crippen molar-refractivity contribution in [2.45, 2.75) is 18.9 Å². The Balaban J connectivity index is 2.86. The van der Waals surface area contributed by atoms with Gasteiger partial charge in [-0.2, -0.15) is 0 Å². The first-order valence-corrected chi connectivity index (χ1v) is 3.97. The second-order valence-electron chi connectivity index (χ2n) is 3.48. The molecule has 1 heterocycles. The van der Waals surface area contributed by atoms with E-state index in [0.29, 0.717) is 5.69 Å². The van der Waals surface area contributed by atoms with Gasteiger partial charge in [0.15, 0.2) is 0 Å². The van der Waals surface area contributed by atoms with Crippen LogP contribution in [0.2, 0.25) is 0 Å². The molecule has 72 valence electrons. The van der Waals surface area contributed by atoms with Crippen LogP contribution in [0.5, 0.6) is 0 Å². The van der Waals surface area contributed by atoms with Crippen LogP contribution in [0.15, 0.2) is 12.5 Å². The van der Waals surface area contributed by atoms with Crippen LogP contribution in [0.25, 0.3) is 0 Å². The predicted molar refractivity (Wildman–Crippen MR) is 48.6 cm³/mol. The van der Waals surface area contributed by atoms with Gasteiger partial charge in [0, 0.05) is 19.7 Å². The van der Waals surface area contributed by atoms with Crippen LogP contribution in [0.1, 0.15) is 19.0 Å². The fourth-order valence-electron chi connectivity index (χ4n) is 1.16. The van der Waals surface area contributed by atoms with Gasteiger partial charge < -0.3 is 16.0 Å². The zero-order chi connectivity index (χ0) is 10.1. The average molecular weight is 182 g/mol. The molecule has 1 aromatic heterocycles. The number of aryl methyl sites for hydroxylation is 1. The minimum atomic E-state index is -0.771. The van der Waals surface area contributed by atoms with E-state index in [1.165, 1.54) is 0 Å². The minimum absolute atomic E-state index is 0.101. The maximum atomic E-state index is 10.7. The quantitative estimate of drug-likeness (QED) is 0.658. The summed E-state index contributed by atoms with van der Waals surface area (Å²) in [7, 11) is 1.84. The molecule has 0 saturated heterocycles. The molecule has 5 heteroatoms. The summed E-state index contributed by atoms with van der Waals surface area (Å²) in [5, 5.41) is 0. The van der Waals surface area contributed by atoms with E-state index in [1.54, 1.807) is 24.0 Å². The number of hydrogen-bond donors (Lipinski definition) is 2. The molecular weight excluding hydrogens is 168 g/mol. The van der Waals surface area contributed by atoms with Gasteiger partial charge in [-0.05, 0) is 6.92 Å². The summed E-state index contributed by atoms with van der Waals surface area (Å²) in [6.07, 6.45) is 3.52. The standard InChI is InChI=1S/C8H14N4O/c1-8(10,3-7(9)13)6-4-12(2)5-11-6/h4-5H,3,10H2,1-2H3,(H2,9,13). The monoisotopic (exact) mass is 182 g/mol. The van der Waals surface area contributed by atoms with Crippen molar-refractivity contribution >= 4 is 5.91 Å². The van der Waals surface area contributed by atoms with Gasteiger partial charge in [0.2, 0.25) is 5.91 Å². The van der Waals surface area contributed by atoms with E-state index in [2.05, 4.69) is 4.98 Å². The van der Waals surface area contributed by atoms with Gasteiger partial charge in [0.25, 0.3) is 0 Å². The zero-order valence-corrected chi connectivity index (χ0v) is 7.82. The number of imidazole rings is 1. The average Bonchev–Trinajstić information content (AvgIpc) is 2.32. The van der Waals surface area contributed by atoms with E-state index in [4.69, 9.17) is 11.5 Å². The van der Waals surface area contributed by atoms with E-state index in [0.717, 1.165) is 0 Å². The molecular formula is C8H14N4O. The number of carbonyl (C=O) groups excluding carboxylic acids is 1. The lowest BCUT2D eigenvalue weighted by Crippen LogP contribution is -2.38. The summed E-state index contributed by atoms with van der Waals surface area (Å²) < 4.78 is 1.78. The molecule has 1 aromatic rings. The third kappa shape index (κ3) is 2.29. The van der Waals surface area contributed by atoms with Crippen molar-refractivity contribution in [2.75, 3.05) is 0 Å². The van der Waals surface area contributed by atoms with E-state index in [-0.39, 0.29) is 6.42 Å². The zero-order valence-electron chi connectivity index (χ0n) is 7.82. The summed E-state index contributed by atoms with van der Waals surface area (Å²) in [4.78, 5) is 14.8. The summed E-state index contributed by atoms with van der Waals surface area (Å²) in [6.45, 7) is 1.74. The Bertz CT molecular complexity index is 316. The summed E-state index contributed by atoms with van der Waals surface area (Å²) in [6, 6.07) is 0. The Kier molecular flexibility index (Phi) is 2.38. The van der Waals surface area contributed by atoms with Gasteiger partial charge in [0.05, 0.1) is 17.6 Å². The fraction of sp³-hybridized carbons (Fsp3) is 0.500. The molecule has 5 nitrogen and oxygen atoms in total. The van der Waals surface area contributed by atoms with Gasteiger partial charge in [-0.25, -0.2) is 4.98 Å². The molecule has 1 rings (SSSR count). The maximum Gasteiger partial charge on any atom is 0.219 e. The molecule has 0 spiro atoms. The van der Waals surface area contributed by atoms with Crippen LogP contribution in [0.3, 0.4) is 0 Å². The summed E-state index contributed by atoms with van der Waals surface area (Å²) in [5.74, 6) is -0.421. The highest BCUT2D eigenvalue weighted by atomic mass is 16.1. The Labute approximate surface area is 76.7 Å². The Hall–Kier alpha value is -1.36. The third-order valence-corrected chi connectivity index (χ3v) is 1.83. The minimum Gasteiger partial charge on any atom is -0.370 e. The van der Waals surface area contributed by atoms with Gasteiger partial charge in [-0.1, -0.05) is 0 Å². The molecule has 1 atom stereocenters. The smallest absolute Gasteiger partial charge is 0.219 e. The number of aromatic nitrogens is 2. The Morgan fingerprint density at radius 1 is 1.77 bits per heavy atom. The van der Waals surface area contributed by atoms with Gasteiger partial charge >= 0.3 is 0 Å².